The molecule has 3 heteroatoms. The molecule has 17 heavy (non-hydrogen) atoms. The first-order valence-corrected chi connectivity index (χ1v) is 5.64. The van der Waals surface area contributed by atoms with E-state index in [1.807, 2.05) is 18.2 Å². The van der Waals surface area contributed by atoms with Crippen molar-refractivity contribution in [3.05, 3.63) is 23.8 Å². The first-order valence-electron chi connectivity index (χ1n) is 5.64. The monoisotopic (exact) mass is 231 g/mol. The molecule has 0 saturated heterocycles. The van der Waals surface area contributed by atoms with Gasteiger partial charge in [0, 0.05) is 5.56 Å². The molecule has 1 saturated carbocycles. The number of ether oxygens (including phenoxy) is 2. The summed E-state index contributed by atoms with van der Waals surface area (Å²) in [5, 5.41) is 9.48. The number of hydrogen-bond donors (Lipinski definition) is 0. The van der Waals surface area contributed by atoms with Crippen LogP contribution in [-0.4, -0.2) is 14.2 Å². The summed E-state index contributed by atoms with van der Waals surface area (Å²) in [6.45, 7) is 4.21. The van der Waals surface area contributed by atoms with Gasteiger partial charge in [-0.3, -0.25) is 0 Å². The van der Waals surface area contributed by atoms with Crippen LogP contribution < -0.4 is 9.47 Å². The third-order valence-electron chi connectivity index (χ3n) is 3.79. The topological polar surface area (TPSA) is 42.2 Å². The second-order valence-electron chi connectivity index (χ2n) is 5.14. The van der Waals surface area contributed by atoms with Gasteiger partial charge in [-0.2, -0.15) is 5.26 Å². The van der Waals surface area contributed by atoms with E-state index in [2.05, 4.69) is 19.9 Å². The number of nitrogens with zero attached hydrogens (tertiary/aromatic N) is 1. The highest BCUT2D eigenvalue weighted by atomic mass is 16.5. The number of rotatable bonds is 3. The molecule has 90 valence electrons. The fraction of sp³-hybridized carbons (Fsp3) is 0.500. The highest BCUT2D eigenvalue weighted by Gasteiger charge is 2.64. The summed E-state index contributed by atoms with van der Waals surface area (Å²) in [5.41, 5.74) is 0.501. The first-order chi connectivity index (χ1) is 8.00. The van der Waals surface area contributed by atoms with Crippen molar-refractivity contribution < 1.29 is 9.47 Å². The molecule has 1 fully saturated rings. The average molecular weight is 231 g/mol. The summed E-state index contributed by atoms with van der Waals surface area (Å²) in [6.07, 6.45) is 0.861. The standard InChI is InChI=1S/C14H17NO2/c1-13(2)8-14(13,9-15)11-7-10(16-3)5-6-12(11)17-4/h5-7H,8H2,1-4H3. The average Bonchev–Trinajstić information content (AvgIpc) is 2.92. The molecule has 0 bridgehead atoms. The van der Waals surface area contributed by atoms with Crippen molar-refractivity contribution in [2.24, 2.45) is 5.41 Å². The normalized spacial score (nSPS) is 24.9. The van der Waals surface area contributed by atoms with Gasteiger partial charge in [-0.15, -0.1) is 0 Å². The van der Waals surface area contributed by atoms with Gasteiger partial charge in [0.25, 0.3) is 0 Å². The predicted octanol–water partition coefficient (Wildman–Crippen LogP) is 2.90. The lowest BCUT2D eigenvalue weighted by molar-refractivity contribution is 0.393. The zero-order valence-electron chi connectivity index (χ0n) is 10.7. The number of methoxy groups -OCH3 is 2. The Balaban J connectivity index is 2.55. The van der Waals surface area contributed by atoms with Crippen molar-refractivity contribution in [2.75, 3.05) is 14.2 Å². The van der Waals surface area contributed by atoms with E-state index in [4.69, 9.17) is 9.47 Å². The second-order valence-corrected chi connectivity index (χ2v) is 5.14. The van der Waals surface area contributed by atoms with E-state index in [9.17, 15) is 5.26 Å². The smallest absolute Gasteiger partial charge is 0.123 e. The van der Waals surface area contributed by atoms with Gasteiger partial charge in [0.2, 0.25) is 0 Å². The Morgan fingerprint density at radius 3 is 2.29 bits per heavy atom. The Hall–Kier alpha value is -1.69. The maximum atomic E-state index is 9.48. The van der Waals surface area contributed by atoms with E-state index in [0.29, 0.717) is 0 Å². The first kappa shape index (κ1) is 11.8. The van der Waals surface area contributed by atoms with Crippen LogP contribution in [0.1, 0.15) is 25.8 Å². The lowest BCUT2D eigenvalue weighted by atomic mass is 9.88. The molecule has 0 radical (unpaired) electrons. The second kappa shape index (κ2) is 3.66. The van der Waals surface area contributed by atoms with E-state index in [0.717, 1.165) is 23.5 Å². The summed E-state index contributed by atoms with van der Waals surface area (Å²) in [6, 6.07) is 8.08. The maximum absolute atomic E-state index is 9.48. The largest absolute Gasteiger partial charge is 0.497 e. The number of nitriles is 1. The van der Waals surface area contributed by atoms with E-state index in [1.54, 1.807) is 14.2 Å². The Labute approximate surface area is 102 Å². The minimum Gasteiger partial charge on any atom is -0.497 e. The van der Waals surface area contributed by atoms with Crippen molar-refractivity contribution >= 4 is 0 Å². The molecule has 1 aromatic rings. The van der Waals surface area contributed by atoms with E-state index >= 15 is 0 Å². The molecule has 1 aliphatic carbocycles. The molecule has 0 amide bonds. The highest BCUT2D eigenvalue weighted by Crippen LogP contribution is 2.65. The lowest BCUT2D eigenvalue weighted by Crippen LogP contribution is -2.13. The van der Waals surface area contributed by atoms with Gasteiger partial charge in [0.1, 0.15) is 11.5 Å². The molecule has 0 aliphatic heterocycles. The molecule has 2 rings (SSSR count). The van der Waals surface area contributed by atoms with Gasteiger partial charge in [-0.25, -0.2) is 0 Å². The predicted molar refractivity (Wildman–Crippen MR) is 65.2 cm³/mol. The Morgan fingerprint density at radius 1 is 1.24 bits per heavy atom. The van der Waals surface area contributed by atoms with Gasteiger partial charge in [0.15, 0.2) is 0 Å². The van der Waals surface area contributed by atoms with Crippen LogP contribution in [0.3, 0.4) is 0 Å². The van der Waals surface area contributed by atoms with Crippen LogP contribution in [0.15, 0.2) is 18.2 Å². The quantitative estimate of drug-likeness (QED) is 0.803. The molecule has 0 heterocycles. The molecule has 0 aromatic heterocycles. The number of hydrogen-bond acceptors (Lipinski definition) is 3. The fourth-order valence-corrected chi connectivity index (χ4v) is 2.48. The van der Waals surface area contributed by atoms with Crippen molar-refractivity contribution in [3.63, 3.8) is 0 Å². The van der Waals surface area contributed by atoms with E-state index in [1.165, 1.54) is 0 Å². The Kier molecular flexibility index (Phi) is 2.54. The molecule has 1 aliphatic rings. The van der Waals surface area contributed by atoms with Crippen LogP contribution in [-0.2, 0) is 5.41 Å². The lowest BCUT2D eigenvalue weighted by Gasteiger charge is -2.17. The summed E-state index contributed by atoms with van der Waals surface area (Å²) in [5.74, 6) is 1.52. The third-order valence-corrected chi connectivity index (χ3v) is 3.79. The van der Waals surface area contributed by atoms with Crippen LogP contribution in [0.5, 0.6) is 11.5 Å². The van der Waals surface area contributed by atoms with Crippen LogP contribution in [0.2, 0.25) is 0 Å². The minimum absolute atomic E-state index is 0.00138. The third kappa shape index (κ3) is 1.56. The zero-order chi connectivity index (χ0) is 12.7. The molecule has 3 nitrogen and oxygen atoms in total. The van der Waals surface area contributed by atoms with Crippen molar-refractivity contribution in [1.82, 2.24) is 0 Å². The van der Waals surface area contributed by atoms with Crippen molar-refractivity contribution in [3.8, 4) is 17.6 Å². The SMILES string of the molecule is COc1ccc(OC)c(C2(C#N)CC2(C)C)c1. The highest BCUT2D eigenvalue weighted by molar-refractivity contribution is 5.54. The van der Waals surface area contributed by atoms with Crippen LogP contribution >= 0.6 is 0 Å². The van der Waals surface area contributed by atoms with Gasteiger partial charge in [-0.05, 0) is 30.0 Å². The summed E-state index contributed by atoms with van der Waals surface area (Å²) >= 11 is 0. The molecule has 1 unspecified atom stereocenters. The van der Waals surface area contributed by atoms with Crippen LogP contribution in [0, 0.1) is 16.7 Å². The van der Waals surface area contributed by atoms with Crippen LogP contribution in [0.25, 0.3) is 0 Å². The summed E-state index contributed by atoms with van der Waals surface area (Å²) in [7, 11) is 3.26. The zero-order valence-corrected chi connectivity index (χ0v) is 10.7. The molecule has 1 aromatic carbocycles. The van der Waals surface area contributed by atoms with Gasteiger partial charge in [0.05, 0.1) is 25.7 Å². The summed E-state index contributed by atoms with van der Waals surface area (Å²) < 4.78 is 10.6. The van der Waals surface area contributed by atoms with Gasteiger partial charge < -0.3 is 9.47 Å². The van der Waals surface area contributed by atoms with Gasteiger partial charge >= 0.3 is 0 Å². The van der Waals surface area contributed by atoms with Gasteiger partial charge in [-0.1, -0.05) is 13.8 Å². The van der Waals surface area contributed by atoms with E-state index < -0.39 is 5.41 Å². The molecule has 1 atom stereocenters. The van der Waals surface area contributed by atoms with Crippen molar-refractivity contribution in [2.45, 2.75) is 25.7 Å². The Bertz CT molecular complexity index is 487. The van der Waals surface area contributed by atoms with Crippen LogP contribution in [0.4, 0.5) is 0 Å². The molecular weight excluding hydrogens is 214 g/mol. The Morgan fingerprint density at radius 2 is 1.88 bits per heavy atom. The summed E-state index contributed by atoms with van der Waals surface area (Å²) in [4.78, 5) is 0. The number of benzene rings is 1. The molecular formula is C14H17NO2. The minimum atomic E-state index is -0.438. The van der Waals surface area contributed by atoms with Crippen molar-refractivity contribution in [1.29, 1.82) is 5.26 Å². The molecule has 0 spiro atoms. The fourth-order valence-electron chi connectivity index (χ4n) is 2.48. The molecule has 0 N–H and O–H groups in total. The van der Waals surface area contributed by atoms with E-state index in [-0.39, 0.29) is 5.41 Å². The maximum Gasteiger partial charge on any atom is 0.123 e.